The Kier molecular flexibility index (Phi) is 6.03. The van der Waals surface area contributed by atoms with Crippen molar-refractivity contribution in [1.29, 1.82) is 0 Å². The smallest absolute Gasteiger partial charge is 0.207 e. The van der Waals surface area contributed by atoms with E-state index in [1.807, 2.05) is 0 Å². The largest absolute Gasteiger partial charge is 0.243 e. The lowest BCUT2D eigenvalue weighted by atomic mass is 10.4. The zero-order valence-corrected chi connectivity index (χ0v) is 12.0. The van der Waals surface area contributed by atoms with Gasteiger partial charge in [0.25, 0.3) is 0 Å². The van der Waals surface area contributed by atoms with E-state index in [1.54, 1.807) is 0 Å². The van der Waals surface area contributed by atoms with Crippen molar-refractivity contribution < 1.29 is 8.42 Å². The highest BCUT2D eigenvalue weighted by molar-refractivity contribution is 7.89. The first kappa shape index (κ1) is 15.1. The van der Waals surface area contributed by atoms with E-state index in [-0.39, 0.29) is 29.7 Å². The second kappa shape index (κ2) is 6.81. The van der Waals surface area contributed by atoms with Gasteiger partial charge in [-0.15, -0.1) is 23.2 Å². The summed E-state index contributed by atoms with van der Waals surface area (Å²) in [5, 5.41) is 0.491. The van der Waals surface area contributed by atoms with Crippen molar-refractivity contribution in [2.75, 3.05) is 24.8 Å². The van der Waals surface area contributed by atoms with E-state index in [1.165, 1.54) is 28.6 Å². The summed E-state index contributed by atoms with van der Waals surface area (Å²) in [6, 6.07) is 6.00. The number of rotatable bonds is 6. The Bertz CT molecular complexity index is 441. The SMILES string of the molecule is O=S(=O)(c1ccc(Cl)cc1)N(CCCl)CCCl. The van der Waals surface area contributed by atoms with Crippen molar-refractivity contribution in [2.24, 2.45) is 0 Å². The molecule has 7 heteroatoms. The summed E-state index contributed by atoms with van der Waals surface area (Å²) in [4.78, 5) is 0.192. The first-order valence-electron chi connectivity index (χ1n) is 4.90. The Morgan fingerprint density at radius 2 is 1.47 bits per heavy atom. The lowest BCUT2D eigenvalue weighted by Crippen LogP contribution is -2.34. The van der Waals surface area contributed by atoms with Crippen LogP contribution < -0.4 is 0 Å². The average molecular weight is 317 g/mol. The fourth-order valence-electron chi connectivity index (χ4n) is 1.30. The molecule has 0 aliphatic heterocycles. The minimum Gasteiger partial charge on any atom is -0.207 e. The van der Waals surface area contributed by atoms with Gasteiger partial charge in [0.2, 0.25) is 10.0 Å². The summed E-state index contributed by atoms with van der Waals surface area (Å²) in [5.74, 6) is 0.452. The zero-order chi connectivity index (χ0) is 12.9. The van der Waals surface area contributed by atoms with Crippen LogP contribution in [0.15, 0.2) is 29.2 Å². The third-order valence-electron chi connectivity index (χ3n) is 2.12. The summed E-state index contributed by atoms with van der Waals surface area (Å²) < 4.78 is 25.6. The predicted octanol–water partition coefficient (Wildman–Crippen LogP) is 2.81. The molecule has 17 heavy (non-hydrogen) atoms. The Balaban J connectivity index is 3.02. The maximum Gasteiger partial charge on any atom is 0.243 e. The van der Waals surface area contributed by atoms with Crippen molar-refractivity contribution in [1.82, 2.24) is 4.31 Å². The van der Waals surface area contributed by atoms with E-state index >= 15 is 0 Å². The molecule has 1 rings (SSSR count). The van der Waals surface area contributed by atoms with Gasteiger partial charge in [-0.2, -0.15) is 4.31 Å². The lowest BCUT2D eigenvalue weighted by Gasteiger charge is -2.20. The van der Waals surface area contributed by atoms with Crippen LogP contribution >= 0.6 is 34.8 Å². The summed E-state index contributed by atoms with van der Waals surface area (Å²) >= 11 is 16.9. The zero-order valence-electron chi connectivity index (χ0n) is 8.94. The molecular weight excluding hydrogens is 305 g/mol. The molecule has 0 saturated carbocycles. The number of hydrogen-bond acceptors (Lipinski definition) is 2. The number of benzene rings is 1. The first-order valence-corrected chi connectivity index (χ1v) is 7.78. The lowest BCUT2D eigenvalue weighted by molar-refractivity contribution is 0.448. The second-order valence-electron chi connectivity index (χ2n) is 3.24. The Labute approximate surface area is 116 Å². The van der Waals surface area contributed by atoms with Gasteiger partial charge < -0.3 is 0 Å². The molecular formula is C10H12Cl3NO2S. The van der Waals surface area contributed by atoms with Crippen LogP contribution in [0.5, 0.6) is 0 Å². The highest BCUT2D eigenvalue weighted by Gasteiger charge is 2.23. The van der Waals surface area contributed by atoms with E-state index in [2.05, 4.69) is 0 Å². The van der Waals surface area contributed by atoms with Crippen LogP contribution in [0, 0.1) is 0 Å². The molecule has 0 saturated heterocycles. The van der Waals surface area contributed by atoms with E-state index in [0.717, 1.165) is 0 Å². The minimum absolute atomic E-state index is 0.192. The molecule has 0 fully saturated rings. The molecule has 1 aromatic carbocycles. The molecule has 3 nitrogen and oxygen atoms in total. The standard InChI is InChI=1S/C10H12Cl3NO2S/c11-5-7-14(8-6-12)17(15,16)10-3-1-9(13)2-4-10/h1-4H,5-8H2. The molecule has 0 amide bonds. The van der Waals surface area contributed by atoms with Gasteiger partial charge in [0.05, 0.1) is 4.90 Å². The van der Waals surface area contributed by atoms with Crippen molar-refractivity contribution in [3.8, 4) is 0 Å². The van der Waals surface area contributed by atoms with Crippen LogP contribution in [-0.4, -0.2) is 37.6 Å². The third kappa shape index (κ3) is 4.00. The fourth-order valence-corrected chi connectivity index (χ4v) is 3.47. The topological polar surface area (TPSA) is 37.4 Å². The molecule has 0 N–H and O–H groups in total. The molecule has 0 aromatic heterocycles. The van der Waals surface area contributed by atoms with Gasteiger partial charge in [0, 0.05) is 29.9 Å². The maximum absolute atomic E-state index is 12.2. The Morgan fingerprint density at radius 3 is 1.88 bits per heavy atom. The highest BCUT2D eigenvalue weighted by Crippen LogP contribution is 2.18. The molecule has 1 aromatic rings. The third-order valence-corrected chi connectivity index (χ3v) is 4.62. The molecule has 0 aliphatic carbocycles. The Hall–Kier alpha value is -0.000000000000000111. The molecule has 0 spiro atoms. The van der Waals surface area contributed by atoms with Gasteiger partial charge in [0.1, 0.15) is 0 Å². The van der Waals surface area contributed by atoms with E-state index in [0.29, 0.717) is 5.02 Å². The van der Waals surface area contributed by atoms with Crippen molar-refractivity contribution in [3.63, 3.8) is 0 Å². The van der Waals surface area contributed by atoms with Crippen LogP contribution in [0.3, 0.4) is 0 Å². The van der Waals surface area contributed by atoms with Crippen molar-refractivity contribution in [2.45, 2.75) is 4.90 Å². The maximum atomic E-state index is 12.2. The Morgan fingerprint density at radius 1 is 1.00 bits per heavy atom. The van der Waals surface area contributed by atoms with Crippen LogP contribution in [-0.2, 0) is 10.0 Å². The van der Waals surface area contributed by atoms with Crippen LogP contribution in [0.2, 0.25) is 5.02 Å². The normalized spacial score (nSPS) is 12.0. The van der Waals surface area contributed by atoms with Crippen LogP contribution in [0.1, 0.15) is 0 Å². The molecule has 0 atom stereocenters. The summed E-state index contributed by atoms with van der Waals surface area (Å²) in [6.07, 6.45) is 0. The van der Waals surface area contributed by atoms with E-state index < -0.39 is 10.0 Å². The summed E-state index contributed by atoms with van der Waals surface area (Å²) in [5.41, 5.74) is 0. The summed E-state index contributed by atoms with van der Waals surface area (Å²) in [6.45, 7) is 0.471. The fraction of sp³-hybridized carbons (Fsp3) is 0.400. The van der Waals surface area contributed by atoms with Crippen molar-refractivity contribution >= 4 is 44.8 Å². The molecule has 0 bridgehead atoms. The monoisotopic (exact) mass is 315 g/mol. The van der Waals surface area contributed by atoms with Gasteiger partial charge in [0.15, 0.2) is 0 Å². The van der Waals surface area contributed by atoms with Gasteiger partial charge in [-0.3, -0.25) is 0 Å². The highest BCUT2D eigenvalue weighted by atomic mass is 35.5. The van der Waals surface area contributed by atoms with E-state index in [9.17, 15) is 8.42 Å². The van der Waals surface area contributed by atoms with Gasteiger partial charge >= 0.3 is 0 Å². The minimum atomic E-state index is -3.54. The van der Waals surface area contributed by atoms with Gasteiger partial charge in [-0.1, -0.05) is 11.6 Å². The van der Waals surface area contributed by atoms with Gasteiger partial charge in [-0.25, -0.2) is 8.42 Å². The second-order valence-corrected chi connectivity index (χ2v) is 6.37. The molecule has 0 aliphatic rings. The number of nitrogens with zero attached hydrogens (tertiary/aromatic N) is 1. The van der Waals surface area contributed by atoms with E-state index in [4.69, 9.17) is 34.8 Å². The summed E-state index contributed by atoms with van der Waals surface area (Å²) in [7, 11) is -3.54. The molecule has 0 unspecified atom stereocenters. The molecule has 0 heterocycles. The predicted molar refractivity (Wildman–Crippen MR) is 71.7 cm³/mol. The number of hydrogen-bond donors (Lipinski definition) is 0. The number of sulfonamides is 1. The van der Waals surface area contributed by atoms with Gasteiger partial charge in [-0.05, 0) is 24.3 Å². The quantitative estimate of drug-likeness (QED) is 0.757. The number of alkyl halides is 2. The van der Waals surface area contributed by atoms with Crippen molar-refractivity contribution in [3.05, 3.63) is 29.3 Å². The van der Waals surface area contributed by atoms with Crippen LogP contribution in [0.25, 0.3) is 0 Å². The molecule has 0 radical (unpaired) electrons. The average Bonchev–Trinajstić information content (AvgIpc) is 2.29. The first-order chi connectivity index (χ1) is 8.02. The van der Waals surface area contributed by atoms with Crippen LogP contribution in [0.4, 0.5) is 0 Å². The molecule has 96 valence electrons. The number of halogens is 3.